The van der Waals surface area contributed by atoms with Crippen molar-refractivity contribution in [3.05, 3.63) is 11.6 Å². The summed E-state index contributed by atoms with van der Waals surface area (Å²) in [5.41, 5.74) is 0.122. The SMILES string of the molecule is CC(C)=CCC[C@](C)(O)C1CC[C@]2(C)C1[C@H](O)CC1[C@@]3(C)CC[C@H](OC4OC(CO)C(O)C(O)C4O)C(C)(C)C3CC[C@]12C. The number of fused-ring (bicyclic) bond motifs is 5. The standard InChI is InChI=1S/C36H62O8/c1-20(2)10-9-14-36(8,42)21-11-16-35(7)27(21)22(38)18-25-33(5)15-13-26(32(3,4)24(33)12-17-34(25,35)6)44-31-30(41)29(40)28(39)23(19-37)43-31/h10,21-31,37-42H,9,11-19H2,1-8H3/t21?,22-,23?,24?,25?,26+,27?,28?,29?,30?,31?,33+,34-,35-,36+/m1/s1. The van der Waals surface area contributed by atoms with Gasteiger partial charge in [0.1, 0.15) is 24.4 Å². The van der Waals surface area contributed by atoms with Crippen molar-refractivity contribution in [2.24, 2.45) is 45.3 Å². The average molecular weight is 623 g/mol. The summed E-state index contributed by atoms with van der Waals surface area (Å²) in [6.07, 6.45) is 3.15. The summed E-state index contributed by atoms with van der Waals surface area (Å²) in [6.45, 7) is 17.5. The zero-order valence-corrected chi connectivity index (χ0v) is 28.5. The van der Waals surface area contributed by atoms with E-state index in [1.807, 2.05) is 6.92 Å². The molecule has 0 spiro atoms. The smallest absolute Gasteiger partial charge is 0.186 e. The summed E-state index contributed by atoms with van der Waals surface area (Å²) in [5.74, 6) is 0.792. The highest BCUT2D eigenvalue weighted by atomic mass is 16.7. The number of ether oxygens (including phenoxy) is 2. The first-order chi connectivity index (χ1) is 20.3. The zero-order valence-electron chi connectivity index (χ0n) is 28.5. The first kappa shape index (κ1) is 34.7. The van der Waals surface area contributed by atoms with Crippen LogP contribution < -0.4 is 0 Å². The van der Waals surface area contributed by atoms with E-state index in [1.165, 1.54) is 5.57 Å². The second kappa shape index (κ2) is 11.8. The molecule has 0 aromatic rings. The fraction of sp³-hybridized carbons (Fsp3) is 0.944. The van der Waals surface area contributed by atoms with Crippen LogP contribution in [0.15, 0.2) is 11.6 Å². The van der Waals surface area contributed by atoms with Crippen molar-refractivity contribution in [1.82, 2.24) is 0 Å². The largest absolute Gasteiger partial charge is 0.394 e. The third-order valence-electron chi connectivity index (χ3n) is 14.5. The Labute approximate surface area is 265 Å². The van der Waals surface area contributed by atoms with Gasteiger partial charge in [0.05, 0.1) is 24.4 Å². The van der Waals surface area contributed by atoms with E-state index in [1.54, 1.807) is 0 Å². The predicted molar refractivity (Wildman–Crippen MR) is 168 cm³/mol. The Balaban J connectivity index is 1.37. The highest BCUT2D eigenvalue weighted by Gasteiger charge is 2.71. The van der Waals surface area contributed by atoms with Gasteiger partial charge in [-0.05, 0) is 124 Å². The lowest BCUT2D eigenvalue weighted by Crippen LogP contribution is -2.67. The van der Waals surface area contributed by atoms with Crippen molar-refractivity contribution in [1.29, 1.82) is 0 Å². The molecule has 4 aliphatic carbocycles. The second-order valence-corrected chi connectivity index (χ2v) is 17.3. The molecule has 9 unspecified atom stereocenters. The van der Waals surface area contributed by atoms with Crippen LogP contribution in [0.25, 0.3) is 0 Å². The summed E-state index contributed by atoms with van der Waals surface area (Å²) in [6, 6.07) is 0. The fourth-order valence-corrected chi connectivity index (χ4v) is 11.9. The third-order valence-corrected chi connectivity index (χ3v) is 14.5. The summed E-state index contributed by atoms with van der Waals surface area (Å²) >= 11 is 0. The van der Waals surface area contributed by atoms with Crippen LogP contribution in [0.5, 0.6) is 0 Å². The predicted octanol–water partition coefficient (Wildman–Crippen LogP) is 4.32. The molecule has 15 atom stereocenters. The summed E-state index contributed by atoms with van der Waals surface area (Å²) < 4.78 is 12.2. The van der Waals surface area contributed by atoms with Crippen LogP contribution in [0.3, 0.4) is 0 Å². The minimum atomic E-state index is -1.46. The van der Waals surface area contributed by atoms with E-state index in [2.05, 4.69) is 54.5 Å². The molecule has 1 saturated heterocycles. The molecule has 0 amide bonds. The molecule has 0 bridgehead atoms. The van der Waals surface area contributed by atoms with Crippen molar-refractivity contribution >= 4 is 0 Å². The second-order valence-electron chi connectivity index (χ2n) is 17.3. The van der Waals surface area contributed by atoms with Gasteiger partial charge in [0.25, 0.3) is 0 Å². The molecule has 1 aliphatic heterocycles. The molecule has 0 aromatic carbocycles. The lowest BCUT2D eigenvalue weighted by molar-refractivity contribution is -0.332. The molecule has 44 heavy (non-hydrogen) atoms. The molecular weight excluding hydrogens is 560 g/mol. The van der Waals surface area contributed by atoms with Crippen LogP contribution in [0.4, 0.5) is 0 Å². The Kier molecular flexibility index (Phi) is 9.35. The van der Waals surface area contributed by atoms with Gasteiger partial charge in [-0.15, -0.1) is 0 Å². The van der Waals surface area contributed by atoms with E-state index in [0.29, 0.717) is 18.3 Å². The van der Waals surface area contributed by atoms with E-state index in [9.17, 15) is 30.6 Å². The molecule has 5 fully saturated rings. The van der Waals surface area contributed by atoms with Crippen LogP contribution >= 0.6 is 0 Å². The van der Waals surface area contributed by atoms with Crippen molar-refractivity contribution in [3.8, 4) is 0 Å². The maximum atomic E-state index is 12.0. The van der Waals surface area contributed by atoms with Gasteiger partial charge in [-0.1, -0.05) is 46.3 Å². The molecule has 4 saturated carbocycles. The number of aliphatic hydroxyl groups excluding tert-OH is 5. The van der Waals surface area contributed by atoms with Crippen molar-refractivity contribution in [2.75, 3.05) is 6.61 Å². The molecule has 0 aromatic heterocycles. The molecule has 8 heteroatoms. The van der Waals surface area contributed by atoms with Gasteiger partial charge >= 0.3 is 0 Å². The fourth-order valence-electron chi connectivity index (χ4n) is 11.9. The van der Waals surface area contributed by atoms with Gasteiger partial charge in [-0.25, -0.2) is 0 Å². The van der Waals surface area contributed by atoms with Crippen LogP contribution in [-0.2, 0) is 9.47 Å². The molecule has 0 radical (unpaired) electrons. The van der Waals surface area contributed by atoms with Crippen molar-refractivity contribution in [2.45, 2.75) is 162 Å². The molecule has 8 nitrogen and oxygen atoms in total. The molecule has 1 heterocycles. The molecule has 6 N–H and O–H groups in total. The third kappa shape index (κ3) is 5.26. The highest BCUT2D eigenvalue weighted by molar-refractivity contribution is 5.20. The summed E-state index contributed by atoms with van der Waals surface area (Å²) in [4.78, 5) is 0. The Hall–Kier alpha value is -0.580. The number of aliphatic hydroxyl groups is 6. The first-order valence-electron chi connectivity index (χ1n) is 17.3. The van der Waals surface area contributed by atoms with Gasteiger partial charge < -0.3 is 40.1 Å². The van der Waals surface area contributed by atoms with Gasteiger partial charge in [0, 0.05) is 0 Å². The van der Waals surface area contributed by atoms with Gasteiger partial charge in [0.2, 0.25) is 0 Å². The monoisotopic (exact) mass is 622 g/mol. The van der Waals surface area contributed by atoms with E-state index in [0.717, 1.165) is 51.4 Å². The quantitative estimate of drug-likeness (QED) is 0.182. The van der Waals surface area contributed by atoms with Crippen molar-refractivity contribution < 1.29 is 40.1 Å². The number of allylic oxidation sites excluding steroid dienone is 2. The van der Waals surface area contributed by atoms with Gasteiger partial charge in [0.15, 0.2) is 6.29 Å². The van der Waals surface area contributed by atoms with Crippen LogP contribution in [0, 0.1) is 45.3 Å². The van der Waals surface area contributed by atoms with E-state index in [4.69, 9.17) is 9.47 Å². The Morgan fingerprint density at radius 2 is 1.55 bits per heavy atom. The number of hydrogen-bond acceptors (Lipinski definition) is 8. The topological polar surface area (TPSA) is 140 Å². The molecular formula is C36H62O8. The lowest BCUT2D eigenvalue weighted by Gasteiger charge is -2.70. The van der Waals surface area contributed by atoms with E-state index < -0.39 is 49.0 Å². The minimum absolute atomic E-state index is 0.0231. The Morgan fingerprint density at radius 1 is 0.886 bits per heavy atom. The molecule has 254 valence electrons. The number of rotatable bonds is 7. The van der Waals surface area contributed by atoms with Crippen LogP contribution in [-0.4, -0.2) is 85.8 Å². The number of hydrogen-bond donors (Lipinski definition) is 6. The molecule has 5 aliphatic rings. The lowest BCUT2D eigenvalue weighted by atomic mass is 9.35. The van der Waals surface area contributed by atoms with Crippen molar-refractivity contribution in [3.63, 3.8) is 0 Å². The van der Waals surface area contributed by atoms with Crippen LogP contribution in [0.2, 0.25) is 0 Å². The highest BCUT2D eigenvalue weighted by Crippen LogP contribution is 2.76. The zero-order chi connectivity index (χ0) is 32.6. The normalized spacial score (nSPS) is 51.5. The van der Waals surface area contributed by atoms with E-state index >= 15 is 0 Å². The van der Waals surface area contributed by atoms with Crippen LogP contribution in [0.1, 0.15) is 113 Å². The van der Waals surface area contributed by atoms with Gasteiger partial charge in [-0.2, -0.15) is 0 Å². The summed E-state index contributed by atoms with van der Waals surface area (Å²) in [7, 11) is 0. The Morgan fingerprint density at radius 3 is 2.18 bits per heavy atom. The Bertz CT molecular complexity index is 1070. The maximum absolute atomic E-state index is 12.0. The average Bonchev–Trinajstić information content (AvgIpc) is 3.32. The minimum Gasteiger partial charge on any atom is -0.394 e. The maximum Gasteiger partial charge on any atom is 0.186 e. The van der Waals surface area contributed by atoms with E-state index in [-0.39, 0.29) is 39.6 Å². The summed E-state index contributed by atoms with van der Waals surface area (Å²) in [5, 5.41) is 64.8. The van der Waals surface area contributed by atoms with Gasteiger partial charge in [-0.3, -0.25) is 0 Å². The first-order valence-corrected chi connectivity index (χ1v) is 17.3. The molecule has 5 rings (SSSR count).